The van der Waals surface area contributed by atoms with Gasteiger partial charge >= 0.3 is 0 Å². The zero-order chi connectivity index (χ0) is 18.1. The topological polar surface area (TPSA) is 74.8 Å². The van der Waals surface area contributed by atoms with Gasteiger partial charge in [0.1, 0.15) is 23.8 Å². The molecule has 3 aromatic rings. The summed E-state index contributed by atoms with van der Waals surface area (Å²) in [6.07, 6.45) is 4.99. The number of fused-ring (bicyclic) bond motifs is 1. The Morgan fingerprint density at radius 2 is 1.88 bits per heavy atom. The molecule has 26 heavy (non-hydrogen) atoms. The lowest BCUT2D eigenvalue weighted by Crippen LogP contribution is -2.35. The third-order valence-corrected chi connectivity index (χ3v) is 4.43. The molecular weight excluding hydrogens is 340 g/mol. The number of halogens is 2. The molecule has 132 valence electrons. The molecule has 0 bridgehead atoms. The van der Waals surface area contributed by atoms with Crippen LogP contribution in [0.5, 0.6) is 0 Å². The van der Waals surface area contributed by atoms with Gasteiger partial charge in [0.25, 0.3) is 5.56 Å². The molecule has 1 aromatic carbocycles. The Hall–Kier alpha value is -3.00. The van der Waals surface area contributed by atoms with Crippen LogP contribution in [0.4, 0.5) is 8.78 Å². The maximum absolute atomic E-state index is 13.9. The van der Waals surface area contributed by atoms with Gasteiger partial charge in [0.2, 0.25) is 0 Å². The second-order valence-corrected chi connectivity index (χ2v) is 6.13. The number of aromatic nitrogens is 4. The summed E-state index contributed by atoms with van der Waals surface area (Å²) < 4.78 is 27.8. The molecule has 1 aliphatic heterocycles. The Morgan fingerprint density at radius 1 is 1.15 bits per heavy atom. The fourth-order valence-corrected chi connectivity index (χ4v) is 3.09. The minimum Gasteiger partial charge on any atom is -0.306 e. The van der Waals surface area contributed by atoms with Crippen LogP contribution < -0.4 is 5.56 Å². The zero-order valence-electron chi connectivity index (χ0n) is 13.7. The molecule has 0 unspecified atom stereocenters. The predicted molar refractivity (Wildman–Crippen MR) is 90.1 cm³/mol. The lowest BCUT2D eigenvalue weighted by Gasteiger charge is -2.28. The molecule has 2 aromatic heterocycles. The van der Waals surface area contributed by atoms with Gasteiger partial charge in [0.15, 0.2) is 0 Å². The van der Waals surface area contributed by atoms with Crippen molar-refractivity contribution in [2.75, 3.05) is 6.54 Å². The summed E-state index contributed by atoms with van der Waals surface area (Å²) >= 11 is 0. The van der Waals surface area contributed by atoms with Crippen LogP contribution >= 0.6 is 0 Å². The molecule has 0 amide bonds. The molecule has 0 saturated carbocycles. The number of hydrogen-bond donors (Lipinski definition) is 1. The summed E-state index contributed by atoms with van der Waals surface area (Å²) in [5, 5.41) is 0. The number of benzene rings is 1. The molecule has 0 spiro atoms. The van der Waals surface area contributed by atoms with Crippen LogP contribution in [0.2, 0.25) is 0 Å². The molecule has 1 N–H and O–H groups in total. The number of nitrogens with zero attached hydrogens (tertiary/aromatic N) is 4. The highest BCUT2D eigenvalue weighted by molar-refractivity contribution is 5.52. The maximum atomic E-state index is 13.9. The van der Waals surface area contributed by atoms with Crippen molar-refractivity contribution in [1.82, 2.24) is 24.8 Å². The van der Waals surface area contributed by atoms with E-state index >= 15 is 0 Å². The van der Waals surface area contributed by atoms with Crippen LogP contribution in [0.3, 0.4) is 0 Å². The second-order valence-electron chi connectivity index (χ2n) is 6.13. The molecule has 1 aliphatic rings. The highest BCUT2D eigenvalue weighted by Crippen LogP contribution is 2.21. The van der Waals surface area contributed by atoms with Crippen LogP contribution in [0.25, 0.3) is 11.4 Å². The van der Waals surface area contributed by atoms with Gasteiger partial charge in [-0.1, -0.05) is 6.07 Å². The van der Waals surface area contributed by atoms with Crippen molar-refractivity contribution in [1.29, 1.82) is 0 Å². The zero-order valence-corrected chi connectivity index (χ0v) is 13.7. The number of rotatable bonds is 3. The normalized spacial score (nSPS) is 14.2. The van der Waals surface area contributed by atoms with E-state index in [9.17, 15) is 13.6 Å². The maximum Gasteiger partial charge on any atom is 0.254 e. The smallest absolute Gasteiger partial charge is 0.254 e. The summed E-state index contributed by atoms with van der Waals surface area (Å²) in [5.74, 6) is -0.762. The van der Waals surface area contributed by atoms with E-state index in [1.54, 1.807) is 12.4 Å². The molecule has 0 atom stereocenters. The molecule has 0 aliphatic carbocycles. The Morgan fingerprint density at radius 3 is 2.62 bits per heavy atom. The van der Waals surface area contributed by atoms with Crippen molar-refractivity contribution in [3.05, 3.63) is 75.7 Å². The van der Waals surface area contributed by atoms with E-state index in [2.05, 4.69) is 19.9 Å². The minimum atomic E-state index is -0.572. The van der Waals surface area contributed by atoms with Crippen molar-refractivity contribution < 1.29 is 8.78 Å². The highest BCUT2D eigenvalue weighted by Gasteiger charge is 2.23. The average molecular weight is 355 g/mol. The van der Waals surface area contributed by atoms with Gasteiger partial charge in [-0.15, -0.1) is 0 Å². The Labute approximate surface area is 147 Å². The van der Waals surface area contributed by atoms with Crippen LogP contribution in [0.1, 0.15) is 16.8 Å². The number of hydrogen-bond acceptors (Lipinski definition) is 5. The van der Waals surface area contributed by atoms with Gasteiger partial charge in [0.05, 0.1) is 11.3 Å². The Kier molecular flexibility index (Phi) is 4.26. The van der Waals surface area contributed by atoms with E-state index in [-0.39, 0.29) is 17.7 Å². The van der Waals surface area contributed by atoms with Crippen LogP contribution in [0.15, 0.2) is 41.7 Å². The summed E-state index contributed by atoms with van der Waals surface area (Å²) in [5.41, 5.74) is 1.64. The predicted octanol–water partition coefficient (Wildman–Crippen LogP) is 2.06. The monoisotopic (exact) mass is 355 g/mol. The number of nitrogens with one attached hydrogen (secondary N) is 1. The van der Waals surface area contributed by atoms with Crippen molar-refractivity contribution >= 4 is 0 Å². The van der Waals surface area contributed by atoms with Gasteiger partial charge < -0.3 is 4.98 Å². The average Bonchev–Trinajstić information content (AvgIpc) is 2.65. The third-order valence-electron chi connectivity index (χ3n) is 4.43. The van der Waals surface area contributed by atoms with Crippen molar-refractivity contribution in [2.24, 2.45) is 0 Å². The first-order chi connectivity index (χ1) is 12.6. The summed E-state index contributed by atoms with van der Waals surface area (Å²) in [6, 6.07) is 3.83. The first-order valence-electron chi connectivity index (χ1n) is 8.14. The van der Waals surface area contributed by atoms with E-state index in [0.717, 1.165) is 0 Å². The molecule has 8 heteroatoms. The van der Waals surface area contributed by atoms with Crippen molar-refractivity contribution in [3.63, 3.8) is 0 Å². The summed E-state index contributed by atoms with van der Waals surface area (Å²) in [6.45, 7) is 0.989. The summed E-state index contributed by atoms with van der Waals surface area (Å²) in [7, 11) is 0. The fraction of sp³-hybridized carbons (Fsp3) is 0.222. The first-order valence-corrected chi connectivity index (χ1v) is 8.14. The minimum absolute atomic E-state index is 0.0254. The lowest BCUT2D eigenvalue weighted by atomic mass is 10.0. The Balaban J connectivity index is 1.64. The largest absolute Gasteiger partial charge is 0.306 e. The lowest BCUT2D eigenvalue weighted by molar-refractivity contribution is 0.233. The summed E-state index contributed by atoms with van der Waals surface area (Å²) in [4.78, 5) is 29.4. The SMILES string of the molecule is O=c1[nH]c(-c2cncnc2)nc2c1CCN(Cc1c(F)cccc1F)C2. The van der Waals surface area contributed by atoms with Crippen molar-refractivity contribution in [3.8, 4) is 11.4 Å². The van der Waals surface area contributed by atoms with Crippen LogP contribution in [0, 0.1) is 11.6 Å². The van der Waals surface area contributed by atoms with Gasteiger partial charge in [-0.25, -0.2) is 23.7 Å². The van der Waals surface area contributed by atoms with E-state index in [1.165, 1.54) is 24.5 Å². The Bertz CT molecular complexity index is 986. The molecule has 3 heterocycles. The second kappa shape index (κ2) is 6.72. The molecule has 0 radical (unpaired) electrons. The standard InChI is InChI=1S/C18H15F2N5O/c19-14-2-1-3-15(20)13(14)8-25-5-4-12-16(9-25)23-17(24-18(12)26)11-6-21-10-22-7-11/h1-3,6-7,10H,4-5,8-9H2,(H,23,24,26). The molecular formula is C18H15F2N5O. The highest BCUT2D eigenvalue weighted by atomic mass is 19.1. The van der Waals surface area contributed by atoms with Crippen LogP contribution in [-0.4, -0.2) is 31.4 Å². The van der Waals surface area contributed by atoms with E-state index < -0.39 is 11.6 Å². The molecule has 0 fully saturated rings. The van der Waals surface area contributed by atoms with Crippen LogP contribution in [-0.2, 0) is 19.5 Å². The molecule has 0 saturated heterocycles. The van der Waals surface area contributed by atoms with Gasteiger partial charge in [0, 0.05) is 43.2 Å². The first kappa shape index (κ1) is 16.5. The van der Waals surface area contributed by atoms with Gasteiger partial charge in [-0.3, -0.25) is 9.69 Å². The number of aromatic amines is 1. The quantitative estimate of drug-likeness (QED) is 0.778. The third kappa shape index (κ3) is 3.11. The molecule has 4 rings (SSSR count). The molecule has 6 nitrogen and oxygen atoms in total. The van der Waals surface area contributed by atoms with E-state index in [4.69, 9.17) is 0 Å². The van der Waals surface area contributed by atoms with Crippen molar-refractivity contribution in [2.45, 2.75) is 19.5 Å². The fourth-order valence-electron chi connectivity index (χ4n) is 3.09. The van der Waals surface area contributed by atoms with E-state index in [1.807, 2.05) is 4.90 Å². The van der Waals surface area contributed by atoms with E-state index in [0.29, 0.717) is 42.2 Å². The number of H-pyrrole nitrogens is 1. The van der Waals surface area contributed by atoms with Gasteiger partial charge in [-0.2, -0.15) is 0 Å². The van der Waals surface area contributed by atoms with Gasteiger partial charge in [-0.05, 0) is 18.6 Å².